The van der Waals surface area contributed by atoms with Crippen LogP contribution in [0.4, 0.5) is 0 Å². The highest BCUT2D eigenvalue weighted by atomic mass is 32.2. The standard InChI is InChI=1S/C14H18O2S/c1-2-17-8-7-14(13(15)16)9-11-5-3-4-6-12(11)10-14/h3-6H,2,7-10H2,1H3,(H,15,16). The highest BCUT2D eigenvalue weighted by molar-refractivity contribution is 7.99. The van der Waals surface area contributed by atoms with Crippen molar-refractivity contribution in [1.29, 1.82) is 0 Å². The highest BCUT2D eigenvalue weighted by Crippen LogP contribution is 2.40. The van der Waals surface area contributed by atoms with Crippen molar-refractivity contribution in [2.75, 3.05) is 11.5 Å². The lowest BCUT2D eigenvalue weighted by molar-refractivity contribution is -0.148. The van der Waals surface area contributed by atoms with Crippen LogP contribution < -0.4 is 0 Å². The van der Waals surface area contributed by atoms with Gasteiger partial charge in [-0.15, -0.1) is 0 Å². The van der Waals surface area contributed by atoms with Gasteiger partial charge in [0.1, 0.15) is 0 Å². The molecule has 0 amide bonds. The van der Waals surface area contributed by atoms with E-state index < -0.39 is 11.4 Å². The molecule has 0 fully saturated rings. The molecule has 0 spiro atoms. The van der Waals surface area contributed by atoms with Crippen molar-refractivity contribution in [3.05, 3.63) is 35.4 Å². The van der Waals surface area contributed by atoms with Crippen LogP contribution in [0.2, 0.25) is 0 Å². The number of carboxylic acids is 1. The molecule has 0 aliphatic heterocycles. The fourth-order valence-electron chi connectivity index (χ4n) is 2.54. The second-order valence-electron chi connectivity index (χ2n) is 4.65. The maximum atomic E-state index is 11.6. The molecule has 3 heteroatoms. The van der Waals surface area contributed by atoms with Crippen molar-refractivity contribution in [3.8, 4) is 0 Å². The molecule has 1 N–H and O–H groups in total. The van der Waals surface area contributed by atoms with Gasteiger partial charge in [0.15, 0.2) is 0 Å². The molecule has 17 heavy (non-hydrogen) atoms. The summed E-state index contributed by atoms with van der Waals surface area (Å²) in [5, 5.41) is 9.53. The van der Waals surface area contributed by atoms with Gasteiger partial charge in [-0.05, 0) is 41.9 Å². The summed E-state index contributed by atoms with van der Waals surface area (Å²) in [6.45, 7) is 2.11. The fourth-order valence-corrected chi connectivity index (χ4v) is 3.36. The van der Waals surface area contributed by atoms with E-state index in [1.807, 2.05) is 23.9 Å². The van der Waals surface area contributed by atoms with Crippen LogP contribution in [0.3, 0.4) is 0 Å². The third kappa shape index (κ3) is 2.49. The Balaban J connectivity index is 2.14. The first-order chi connectivity index (χ1) is 8.18. The number of benzene rings is 1. The van der Waals surface area contributed by atoms with E-state index >= 15 is 0 Å². The van der Waals surface area contributed by atoms with Gasteiger partial charge in [0.05, 0.1) is 5.41 Å². The summed E-state index contributed by atoms with van der Waals surface area (Å²) in [7, 11) is 0. The van der Waals surface area contributed by atoms with Crippen molar-refractivity contribution >= 4 is 17.7 Å². The van der Waals surface area contributed by atoms with Gasteiger partial charge in [-0.25, -0.2) is 0 Å². The molecule has 0 aromatic heterocycles. The average Bonchev–Trinajstić information content (AvgIpc) is 2.69. The quantitative estimate of drug-likeness (QED) is 0.816. The zero-order valence-corrected chi connectivity index (χ0v) is 10.9. The van der Waals surface area contributed by atoms with Gasteiger partial charge in [0.2, 0.25) is 0 Å². The molecule has 0 unspecified atom stereocenters. The van der Waals surface area contributed by atoms with Crippen molar-refractivity contribution < 1.29 is 9.90 Å². The van der Waals surface area contributed by atoms with Gasteiger partial charge in [-0.1, -0.05) is 31.2 Å². The summed E-state index contributed by atoms with van der Waals surface area (Å²) >= 11 is 1.83. The first-order valence-corrected chi connectivity index (χ1v) is 7.21. The Morgan fingerprint density at radius 1 is 1.35 bits per heavy atom. The monoisotopic (exact) mass is 250 g/mol. The molecule has 1 aliphatic rings. The van der Waals surface area contributed by atoms with Gasteiger partial charge < -0.3 is 5.11 Å². The fraction of sp³-hybridized carbons (Fsp3) is 0.500. The van der Waals surface area contributed by atoms with Crippen LogP contribution in [0.15, 0.2) is 24.3 Å². The summed E-state index contributed by atoms with van der Waals surface area (Å²) in [6.07, 6.45) is 2.17. The van der Waals surface area contributed by atoms with Gasteiger partial charge in [-0.3, -0.25) is 4.79 Å². The molecule has 2 rings (SSSR count). The molecule has 0 heterocycles. The number of fused-ring (bicyclic) bond motifs is 1. The third-order valence-electron chi connectivity index (χ3n) is 3.56. The summed E-state index contributed by atoms with van der Waals surface area (Å²) in [4.78, 5) is 11.6. The number of aliphatic carboxylic acids is 1. The minimum atomic E-state index is -0.634. The lowest BCUT2D eigenvalue weighted by Gasteiger charge is -2.23. The number of thioether (sulfide) groups is 1. The van der Waals surface area contributed by atoms with Crippen LogP contribution in [0.25, 0.3) is 0 Å². The minimum absolute atomic E-state index is 0.550. The Morgan fingerprint density at radius 2 is 1.94 bits per heavy atom. The van der Waals surface area contributed by atoms with Crippen LogP contribution in [0.1, 0.15) is 24.5 Å². The third-order valence-corrected chi connectivity index (χ3v) is 4.46. The van der Waals surface area contributed by atoms with E-state index in [-0.39, 0.29) is 0 Å². The summed E-state index contributed by atoms with van der Waals surface area (Å²) in [5.74, 6) is 1.37. The molecule has 0 saturated carbocycles. The van der Waals surface area contributed by atoms with Gasteiger partial charge in [-0.2, -0.15) is 11.8 Å². The van der Waals surface area contributed by atoms with Crippen LogP contribution in [0, 0.1) is 5.41 Å². The molecular weight excluding hydrogens is 232 g/mol. The Labute approximate surface area is 106 Å². The maximum Gasteiger partial charge on any atom is 0.310 e. The van der Waals surface area contributed by atoms with Crippen LogP contribution in [0.5, 0.6) is 0 Å². The van der Waals surface area contributed by atoms with Gasteiger partial charge in [0, 0.05) is 0 Å². The Hall–Kier alpha value is -0.960. The maximum absolute atomic E-state index is 11.6. The topological polar surface area (TPSA) is 37.3 Å². The number of carbonyl (C=O) groups is 1. The SMILES string of the molecule is CCSCCC1(C(=O)O)Cc2ccccc2C1. The van der Waals surface area contributed by atoms with Crippen LogP contribution in [-0.2, 0) is 17.6 Å². The zero-order chi connectivity index (χ0) is 12.3. The van der Waals surface area contributed by atoms with E-state index in [9.17, 15) is 9.90 Å². The Kier molecular flexibility index (Phi) is 3.77. The smallest absolute Gasteiger partial charge is 0.310 e. The van der Waals surface area contributed by atoms with E-state index in [2.05, 4.69) is 19.1 Å². The molecular formula is C14H18O2S. The van der Waals surface area contributed by atoms with Gasteiger partial charge >= 0.3 is 5.97 Å². The summed E-state index contributed by atoms with van der Waals surface area (Å²) in [6, 6.07) is 8.12. The van der Waals surface area contributed by atoms with E-state index in [1.165, 1.54) is 11.1 Å². The van der Waals surface area contributed by atoms with Gasteiger partial charge in [0.25, 0.3) is 0 Å². The van der Waals surface area contributed by atoms with Crippen molar-refractivity contribution in [3.63, 3.8) is 0 Å². The second-order valence-corrected chi connectivity index (χ2v) is 6.05. The number of carboxylic acid groups (broad SMARTS) is 1. The average molecular weight is 250 g/mol. The van der Waals surface area contributed by atoms with E-state index in [1.54, 1.807) is 0 Å². The normalized spacial score (nSPS) is 16.8. The van der Waals surface area contributed by atoms with Crippen molar-refractivity contribution in [2.24, 2.45) is 5.41 Å². The van der Waals surface area contributed by atoms with Crippen LogP contribution in [-0.4, -0.2) is 22.6 Å². The van der Waals surface area contributed by atoms with Crippen molar-refractivity contribution in [2.45, 2.75) is 26.2 Å². The first-order valence-electron chi connectivity index (χ1n) is 6.06. The molecule has 1 aromatic carbocycles. The van der Waals surface area contributed by atoms with E-state index in [4.69, 9.17) is 0 Å². The number of hydrogen-bond acceptors (Lipinski definition) is 2. The predicted octanol–water partition coefficient (Wildman–Crippen LogP) is 3.00. The van der Waals surface area contributed by atoms with E-state index in [0.717, 1.165) is 17.9 Å². The molecule has 92 valence electrons. The number of rotatable bonds is 5. The Bertz CT molecular complexity index is 389. The summed E-state index contributed by atoms with van der Waals surface area (Å²) in [5.41, 5.74) is 1.89. The lowest BCUT2D eigenvalue weighted by Crippen LogP contribution is -2.32. The van der Waals surface area contributed by atoms with Crippen molar-refractivity contribution in [1.82, 2.24) is 0 Å². The summed E-state index contributed by atoms with van der Waals surface area (Å²) < 4.78 is 0. The highest BCUT2D eigenvalue weighted by Gasteiger charge is 2.43. The Morgan fingerprint density at radius 3 is 2.41 bits per heavy atom. The lowest BCUT2D eigenvalue weighted by atomic mass is 9.82. The molecule has 0 saturated heterocycles. The molecule has 0 bridgehead atoms. The minimum Gasteiger partial charge on any atom is -0.481 e. The first kappa shape index (κ1) is 12.5. The molecule has 0 atom stereocenters. The zero-order valence-electron chi connectivity index (χ0n) is 10.1. The van der Waals surface area contributed by atoms with E-state index in [0.29, 0.717) is 12.8 Å². The molecule has 1 aliphatic carbocycles. The molecule has 2 nitrogen and oxygen atoms in total. The largest absolute Gasteiger partial charge is 0.481 e. The second kappa shape index (κ2) is 5.13. The molecule has 0 radical (unpaired) electrons. The van der Waals surface area contributed by atoms with Crippen LogP contribution >= 0.6 is 11.8 Å². The molecule has 1 aromatic rings. The predicted molar refractivity (Wildman–Crippen MR) is 71.5 cm³/mol. The number of hydrogen-bond donors (Lipinski definition) is 1.